The molecule has 0 saturated carbocycles. The van der Waals surface area contributed by atoms with Gasteiger partial charge in [0.1, 0.15) is 6.61 Å². The molecule has 140 valence electrons. The number of nitro benzene ring substituents is 1. The quantitative estimate of drug-likeness (QED) is 0.472. The number of esters is 1. The van der Waals surface area contributed by atoms with Crippen LogP contribution in [0.1, 0.15) is 0 Å². The third-order valence-corrected chi connectivity index (χ3v) is 3.88. The maximum Gasteiger partial charge on any atom is 0.351 e. The van der Waals surface area contributed by atoms with Crippen LogP contribution < -0.4 is 14.8 Å². The molecule has 0 aromatic heterocycles. The lowest BCUT2D eigenvalue weighted by atomic mass is 10.2. The van der Waals surface area contributed by atoms with Crippen molar-refractivity contribution in [3.63, 3.8) is 0 Å². The molecule has 1 amide bonds. The number of ether oxygens (including phenoxy) is 3. The Hall–Kier alpha value is -3.33. The number of hydrogen-bond acceptors (Lipinski definition) is 7. The average molecular weight is 393 g/mol. The molecule has 1 aliphatic rings. The van der Waals surface area contributed by atoms with E-state index in [0.717, 1.165) is 6.07 Å². The molecule has 2 aromatic rings. The number of carbonyl (C=O) groups excluding carboxylic acids is 2. The molecule has 1 aliphatic heterocycles. The van der Waals surface area contributed by atoms with Gasteiger partial charge in [-0.1, -0.05) is 23.7 Å². The molecule has 0 bridgehead atoms. The Labute approximate surface area is 157 Å². The van der Waals surface area contributed by atoms with Crippen molar-refractivity contribution in [3.8, 4) is 11.5 Å². The Balaban J connectivity index is 1.54. The van der Waals surface area contributed by atoms with Crippen LogP contribution >= 0.6 is 11.6 Å². The highest BCUT2D eigenvalue weighted by Gasteiger charge is 2.29. The van der Waals surface area contributed by atoms with Gasteiger partial charge >= 0.3 is 5.97 Å². The molecule has 1 N–H and O–H groups in total. The van der Waals surface area contributed by atoms with Gasteiger partial charge in [0.25, 0.3) is 11.6 Å². The van der Waals surface area contributed by atoms with Crippen molar-refractivity contribution in [2.75, 3.05) is 18.5 Å². The molecule has 1 heterocycles. The maximum atomic E-state index is 12.1. The summed E-state index contributed by atoms with van der Waals surface area (Å²) in [6, 6.07) is 10.4. The lowest BCUT2D eigenvalue weighted by Crippen LogP contribution is -2.39. The number of halogens is 1. The summed E-state index contributed by atoms with van der Waals surface area (Å²) in [7, 11) is 0. The summed E-state index contributed by atoms with van der Waals surface area (Å²) in [5.74, 6) is -0.564. The van der Waals surface area contributed by atoms with Gasteiger partial charge in [-0.3, -0.25) is 14.9 Å². The number of nitrogens with one attached hydrogen (secondary N) is 1. The Morgan fingerprint density at radius 2 is 2.00 bits per heavy atom. The van der Waals surface area contributed by atoms with Crippen LogP contribution in [0.5, 0.6) is 11.5 Å². The number of anilines is 1. The molecule has 0 spiro atoms. The summed E-state index contributed by atoms with van der Waals surface area (Å²) in [6.45, 7) is -0.659. The molecule has 3 rings (SSSR count). The number of nitro groups is 1. The monoisotopic (exact) mass is 392 g/mol. The second kappa shape index (κ2) is 7.92. The van der Waals surface area contributed by atoms with Crippen LogP contribution in [-0.4, -0.2) is 36.1 Å². The fourth-order valence-electron chi connectivity index (χ4n) is 2.27. The van der Waals surface area contributed by atoms with E-state index in [1.807, 2.05) is 0 Å². The molecule has 0 aliphatic carbocycles. The van der Waals surface area contributed by atoms with Gasteiger partial charge in [-0.05, 0) is 18.2 Å². The molecule has 0 radical (unpaired) electrons. The van der Waals surface area contributed by atoms with Crippen LogP contribution in [0.15, 0.2) is 42.5 Å². The number of non-ortho nitro benzene ring substituents is 1. The number of carbonyl (C=O) groups is 2. The largest absolute Gasteiger partial charge is 0.485 e. The molecular formula is C17H13ClN2O7. The Kier molecular flexibility index (Phi) is 5.41. The van der Waals surface area contributed by atoms with E-state index in [2.05, 4.69) is 5.32 Å². The third-order valence-electron chi connectivity index (χ3n) is 3.55. The first-order valence-corrected chi connectivity index (χ1v) is 8.11. The molecule has 1 atom stereocenters. The minimum absolute atomic E-state index is 0.0399. The number of para-hydroxylation sites is 2. The van der Waals surface area contributed by atoms with Crippen molar-refractivity contribution in [2.24, 2.45) is 0 Å². The van der Waals surface area contributed by atoms with E-state index in [1.54, 1.807) is 24.3 Å². The number of fused-ring (bicyclic) bond motifs is 1. The SMILES string of the molecule is O=C(COC(=O)C1COc2ccccc2O1)Nc1cc([N+](=O)[O-])ccc1Cl. The van der Waals surface area contributed by atoms with E-state index >= 15 is 0 Å². The second-order valence-corrected chi connectivity index (χ2v) is 5.85. The predicted molar refractivity (Wildman–Crippen MR) is 94.0 cm³/mol. The lowest BCUT2D eigenvalue weighted by molar-refractivity contribution is -0.384. The second-order valence-electron chi connectivity index (χ2n) is 5.44. The molecule has 10 heteroatoms. The minimum Gasteiger partial charge on any atom is -0.485 e. The van der Waals surface area contributed by atoms with Crippen molar-refractivity contribution in [1.29, 1.82) is 0 Å². The number of rotatable bonds is 5. The van der Waals surface area contributed by atoms with Crippen LogP contribution in [-0.2, 0) is 14.3 Å². The van der Waals surface area contributed by atoms with Crippen molar-refractivity contribution >= 4 is 34.9 Å². The summed E-state index contributed by atoms with van der Waals surface area (Å²) in [5, 5.41) is 13.2. The number of nitrogens with zero attached hydrogens (tertiary/aromatic N) is 1. The van der Waals surface area contributed by atoms with E-state index in [-0.39, 0.29) is 23.0 Å². The van der Waals surface area contributed by atoms with Crippen LogP contribution in [0, 0.1) is 10.1 Å². The summed E-state index contributed by atoms with van der Waals surface area (Å²) in [4.78, 5) is 34.2. The van der Waals surface area contributed by atoms with Crippen molar-refractivity contribution < 1.29 is 28.7 Å². The van der Waals surface area contributed by atoms with Crippen LogP contribution in [0.4, 0.5) is 11.4 Å². The van der Waals surface area contributed by atoms with Crippen LogP contribution in [0.2, 0.25) is 5.02 Å². The van der Waals surface area contributed by atoms with Gasteiger partial charge < -0.3 is 19.5 Å². The molecule has 1 unspecified atom stereocenters. The molecular weight excluding hydrogens is 380 g/mol. The van der Waals surface area contributed by atoms with Gasteiger partial charge in [-0.25, -0.2) is 4.79 Å². The van der Waals surface area contributed by atoms with E-state index in [1.165, 1.54) is 12.1 Å². The van der Waals surface area contributed by atoms with Gasteiger partial charge in [0.15, 0.2) is 18.1 Å². The molecule has 9 nitrogen and oxygen atoms in total. The lowest BCUT2D eigenvalue weighted by Gasteiger charge is -2.24. The maximum absolute atomic E-state index is 12.1. The first kappa shape index (κ1) is 18.5. The average Bonchev–Trinajstić information content (AvgIpc) is 2.67. The van der Waals surface area contributed by atoms with E-state index in [4.69, 9.17) is 25.8 Å². The van der Waals surface area contributed by atoms with Crippen molar-refractivity contribution in [2.45, 2.75) is 6.10 Å². The summed E-state index contributed by atoms with van der Waals surface area (Å²) in [6.07, 6.45) is -1.01. The third kappa shape index (κ3) is 4.45. The Morgan fingerprint density at radius 3 is 2.74 bits per heavy atom. The highest BCUT2D eigenvalue weighted by Crippen LogP contribution is 2.31. The van der Waals surface area contributed by atoms with E-state index in [0.29, 0.717) is 11.5 Å². The zero-order chi connectivity index (χ0) is 19.4. The smallest absolute Gasteiger partial charge is 0.351 e. The summed E-state index contributed by atoms with van der Waals surface area (Å²) in [5.41, 5.74) is -0.198. The highest BCUT2D eigenvalue weighted by atomic mass is 35.5. The zero-order valence-corrected chi connectivity index (χ0v) is 14.5. The molecule has 0 saturated heterocycles. The van der Waals surface area contributed by atoms with Crippen LogP contribution in [0.3, 0.4) is 0 Å². The number of hydrogen-bond donors (Lipinski definition) is 1. The zero-order valence-electron chi connectivity index (χ0n) is 13.7. The minimum atomic E-state index is -1.01. The standard InChI is InChI=1S/C17H13ClN2O7/c18-11-6-5-10(20(23)24)7-12(11)19-16(21)9-26-17(22)15-8-25-13-3-1-2-4-14(13)27-15/h1-7,15H,8-9H2,(H,19,21). The summed E-state index contributed by atoms with van der Waals surface area (Å²) >= 11 is 5.90. The fourth-order valence-corrected chi connectivity index (χ4v) is 2.44. The van der Waals surface area contributed by atoms with E-state index in [9.17, 15) is 19.7 Å². The first-order chi connectivity index (χ1) is 12.9. The number of amides is 1. The van der Waals surface area contributed by atoms with Gasteiger partial charge in [0, 0.05) is 12.1 Å². The van der Waals surface area contributed by atoms with Gasteiger partial charge in [0.2, 0.25) is 6.10 Å². The van der Waals surface area contributed by atoms with Gasteiger partial charge in [-0.15, -0.1) is 0 Å². The van der Waals surface area contributed by atoms with Crippen LogP contribution in [0.25, 0.3) is 0 Å². The number of benzene rings is 2. The molecule has 27 heavy (non-hydrogen) atoms. The molecule has 0 fully saturated rings. The van der Waals surface area contributed by atoms with Gasteiger partial charge in [0.05, 0.1) is 15.6 Å². The highest BCUT2D eigenvalue weighted by molar-refractivity contribution is 6.33. The first-order valence-electron chi connectivity index (χ1n) is 7.73. The molecule has 2 aromatic carbocycles. The van der Waals surface area contributed by atoms with Gasteiger partial charge in [-0.2, -0.15) is 0 Å². The topological polar surface area (TPSA) is 117 Å². The Bertz CT molecular complexity index is 903. The fraction of sp³-hybridized carbons (Fsp3) is 0.176. The van der Waals surface area contributed by atoms with Crippen molar-refractivity contribution in [3.05, 3.63) is 57.6 Å². The Morgan fingerprint density at radius 1 is 1.26 bits per heavy atom. The summed E-state index contributed by atoms with van der Waals surface area (Å²) < 4.78 is 15.8. The van der Waals surface area contributed by atoms with E-state index < -0.39 is 29.5 Å². The normalized spacial score (nSPS) is 14.9. The van der Waals surface area contributed by atoms with Crippen molar-refractivity contribution in [1.82, 2.24) is 0 Å². The predicted octanol–water partition coefficient (Wildman–Crippen LogP) is 2.57.